The van der Waals surface area contributed by atoms with Crippen molar-refractivity contribution in [2.75, 3.05) is 0 Å². The molecular formula is C18H15NO. The first-order valence-corrected chi connectivity index (χ1v) is 6.61. The number of aldehydes is 1. The highest BCUT2D eigenvalue weighted by atomic mass is 16.1. The zero-order valence-corrected chi connectivity index (χ0v) is 11.6. The van der Waals surface area contributed by atoms with Crippen molar-refractivity contribution in [3.63, 3.8) is 0 Å². The molecule has 0 radical (unpaired) electrons. The maximum atomic E-state index is 11.4. The molecule has 2 nitrogen and oxygen atoms in total. The molecule has 0 aliphatic rings. The highest BCUT2D eigenvalue weighted by molar-refractivity contribution is 5.94. The molecule has 0 unspecified atom stereocenters. The molecule has 2 heteroatoms. The second-order valence-corrected chi connectivity index (χ2v) is 5.06. The topological polar surface area (TPSA) is 30.0 Å². The predicted molar refractivity (Wildman–Crippen MR) is 82.0 cm³/mol. The summed E-state index contributed by atoms with van der Waals surface area (Å²) in [4.78, 5) is 16.1. The molecule has 0 spiro atoms. The number of fused-ring (bicyclic) bond motifs is 1. The Morgan fingerprint density at radius 1 is 1.00 bits per heavy atom. The summed E-state index contributed by atoms with van der Waals surface area (Å²) < 4.78 is 0. The number of carbonyl (C=O) groups excluding carboxylic acids is 1. The second-order valence-electron chi connectivity index (χ2n) is 5.06. The summed E-state index contributed by atoms with van der Waals surface area (Å²) in [5.74, 6) is 0. The third-order valence-electron chi connectivity index (χ3n) is 3.53. The Morgan fingerprint density at radius 3 is 2.55 bits per heavy atom. The van der Waals surface area contributed by atoms with E-state index < -0.39 is 0 Å². The Labute approximate surface area is 118 Å². The fourth-order valence-electron chi connectivity index (χ4n) is 2.44. The summed E-state index contributed by atoms with van der Waals surface area (Å²) in [6.07, 6.45) is 0.883. The molecule has 0 fully saturated rings. The quantitative estimate of drug-likeness (QED) is 0.643. The van der Waals surface area contributed by atoms with E-state index in [1.165, 1.54) is 5.56 Å². The smallest absolute Gasteiger partial charge is 0.152 e. The fraction of sp³-hybridized carbons (Fsp3) is 0.111. The van der Waals surface area contributed by atoms with Crippen LogP contribution in [0.25, 0.3) is 22.2 Å². The van der Waals surface area contributed by atoms with Gasteiger partial charge in [0.1, 0.15) is 0 Å². The molecule has 98 valence electrons. The Balaban J connectivity index is 2.34. The first kappa shape index (κ1) is 12.5. The summed E-state index contributed by atoms with van der Waals surface area (Å²) in [6.45, 7) is 4.08. The van der Waals surface area contributed by atoms with Gasteiger partial charge in [-0.1, -0.05) is 36.4 Å². The molecule has 0 aliphatic carbocycles. The fourth-order valence-corrected chi connectivity index (χ4v) is 2.44. The molecule has 0 N–H and O–H groups in total. The predicted octanol–water partition coefficient (Wildman–Crippen LogP) is 4.33. The highest BCUT2D eigenvalue weighted by Crippen LogP contribution is 2.27. The van der Waals surface area contributed by atoms with E-state index in [0.29, 0.717) is 5.56 Å². The molecule has 3 rings (SSSR count). The number of carbonyl (C=O) groups is 1. The van der Waals surface area contributed by atoms with Crippen LogP contribution in [0.15, 0.2) is 48.5 Å². The zero-order chi connectivity index (χ0) is 14.1. The van der Waals surface area contributed by atoms with Crippen LogP contribution in [0.1, 0.15) is 21.5 Å². The Kier molecular flexibility index (Phi) is 3.07. The number of pyridine rings is 1. The molecule has 0 atom stereocenters. The molecule has 0 aliphatic heterocycles. The average Bonchev–Trinajstić information content (AvgIpc) is 2.46. The molecule has 0 saturated carbocycles. The van der Waals surface area contributed by atoms with Gasteiger partial charge < -0.3 is 0 Å². The minimum absolute atomic E-state index is 0.635. The van der Waals surface area contributed by atoms with Crippen LogP contribution in [0.2, 0.25) is 0 Å². The van der Waals surface area contributed by atoms with Gasteiger partial charge in [0.25, 0.3) is 0 Å². The van der Waals surface area contributed by atoms with Crippen molar-refractivity contribution < 1.29 is 4.79 Å². The first-order valence-electron chi connectivity index (χ1n) is 6.61. The van der Waals surface area contributed by atoms with Gasteiger partial charge in [0.2, 0.25) is 0 Å². The molecular weight excluding hydrogens is 246 g/mol. The normalized spacial score (nSPS) is 10.7. The van der Waals surface area contributed by atoms with E-state index in [4.69, 9.17) is 4.98 Å². The largest absolute Gasteiger partial charge is 0.298 e. The number of hydrogen-bond acceptors (Lipinski definition) is 2. The molecule has 1 aromatic heterocycles. The third kappa shape index (κ3) is 2.10. The molecule has 0 bridgehead atoms. The van der Waals surface area contributed by atoms with Crippen LogP contribution in [-0.4, -0.2) is 11.3 Å². The van der Waals surface area contributed by atoms with Crippen molar-refractivity contribution in [3.8, 4) is 11.3 Å². The SMILES string of the molecule is Cc1ccc2cc(C=O)c(-c3ccccc3C)nc2c1. The number of aromatic nitrogens is 1. The van der Waals surface area contributed by atoms with Gasteiger partial charge >= 0.3 is 0 Å². The van der Waals surface area contributed by atoms with E-state index in [2.05, 4.69) is 0 Å². The maximum Gasteiger partial charge on any atom is 0.152 e. The van der Waals surface area contributed by atoms with Gasteiger partial charge in [-0.2, -0.15) is 0 Å². The average molecular weight is 261 g/mol. The highest BCUT2D eigenvalue weighted by Gasteiger charge is 2.10. The van der Waals surface area contributed by atoms with Crippen molar-refractivity contribution in [1.82, 2.24) is 4.98 Å². The molecule has 0 amide bonds. The van der Waals surface area contributed by atoms with Crippen LogP contribution in [0, 0.1) is 13.8 Å². The summed E-state index contributed by atoms with van der Waals surface area (Å²) >= 11 is 0. The summed E-state index contributed by atoms with van der Waals surface area (Å²) in [7, 11) is 0. The molecule has 2 aromatic carbocycles. The number of nitrogens with zero attached hydrogens (tertiary/aromatic N) is 1. The number of hydrogen-bond donors (Lipinski definition) is 0. The first-order chi connectivity index (χ1) is 9.69. The van der Waals surface area contributed by atoms with Gasteiger partial charge in [0, 0.05) is 16.5 Å². The number of benzene rings is 2. The second kappa shape index (κ2) is 4.89. The maximum absolute atomic E-state index is 11.4. The van der Waals surface area contributed by atoms with Gasteiger partial charge in [-0.15, -0.1) is 0 Å². The summed E-state index contributed by atoms with van der Waals surface area (Å²) in [5, 5.41) is 0.995. The van der Waals surface area contributed by atoms with Gasteiger partial charge in [0.15, 0.2) is 6.29 Å². The lowest BCUT2D eigenvalue weighted by molar-refractivity contribution is 0.112. The van der Waals surface area contributed by atoms with Crippen LogP contribution < -0.4 is 0 Å². The molecule has 1 heterocycles. The van der Waals surface area contributed by atoms with Crippen molar-refractivity contribution in [3.05, 3.63) is 65.2 Å². The minimum Gasteiger partial charge on any atom is -0.298 e. The van der Waals surface area contributed by atoms with Crippen LogP contribution in [0.4, 0.5) is 0 Å². The summed E-state index contributed by atoms with van der Waals surface area (Å²) in [5.41, 5.74) is 5.62. The van der Waals surface area contributed by atoms with Crippen LogP contribution in [-0.2, 0) is 0 Å². The van der Waals surface area contributed by atoms with Crippen LogP contribution in [0.5, 0.6) is 0 Å². The lowest BCUT2D eigenvalue weighted by atomic mass is 10.00. The lowest BCUT2D eigenvalue weighted by Crippen LogP contribution is -1.95. The number of rotatable bonds is 2. The van der Waals surface area contributed by atoms with E-state index in [1.807, 2.05) is 62.4 Å². The van der Waals surface area contributed by atoms with E-state index in [1.54, 1.807) is 0 Å². The Hall–Kier alpha value is -2.48. The van der Waals surface area contributed by atoms with Gasteiger partial charge in [-0.3, -0.25) is 4.79 Å². The minimum atomic E-state index is 0.635. The van der Waals surface area contributed by atoms with E-state index in [-0.39, 0.29) is 0 Å². The number of aryl methyl sites for hydroxylation is 2. The third-order valence-corrected chi connectivity index (χ3v) is 3.53. The molecule has 3 aromatic rings. The molecule has 0 saturated heterocycles. The van der Waals surface area contributed by atoms with Crippen molar-refractivity contribution in [1.29, 1.82) is 0 Å². The van der Waals surface area contributed by atoms with E-state index >= 15 is 0 Å². The van der Waals surface area contributed by atoms with E-state index in [9.17, 15) is 4.79 Å². The zero-order valence-electron chi connectivity index (χ0n) is 11.6. The van der Waals surface area contributed by atoms with E-state index in [0.717, 1.165) is 34.0 Å². The van der Waals surface area contributed by atoms with Crippen molar-refractivity contribution in [2.45, 2.75) is 13.8 Å². The Morgan fingerprint density at radius 2 is 1.80 bits per heavy atom. The molecule has 20 heavy (non-hydrogen) atoms. The van der Waals surface area contributed by atoms with Crippen LogP contribution in [0.3, 0.4) is 0 Å². The monoisotopic (exact) mass is 261 g/mol. The van der Waals surface area contributed by atoms with Gasteiger partial charge in [-0.05, 0) is 37.1 Å². The Bertz CT molecular complexity index is 806. The summed E-state index contributed by atoms with van der Waals surface area (Å²) in [6, 6.07) is 16.0. The van der Waals surface area contributed by atoms with Crippen LogP contribution >= 0.6 is 0 Å². The standard InChI is InChI=1S/C18H15NO/c1-12-7-8-14-10-15(11-20)18(19-17(14)9-12)16-6-4-3-5-13(16)2/h3-11H,1-2H3. The van der Waals surface area contributed by atoms with Gasteiger partial charge in [-0.25, -0.2) is 4.98 Å². The van der Waals surface area contributed by atoms with Crippen molar-refractivity contribution in [2.24, 2.45) is 0 Å². The van der Waals surface area contributed by atoms with Gasteiger partial charge in [0.05, 0.1) is 11.2 Å². The van der Waals surface area contributed by atoms with Crippen molar-refractivity contribution >= 4 is 17.2 Å². The lowest BCUT2D eigenvalue weighted by Gasteiger charge is -2.09.